The third kappa shape index (κ3) is 4.82. The number of nitrogens with one attached hydrogen (secondary N) is 1. The van der Waals surface area contributed by atoms with Gasteiger partial charge in [-0.25, -0.2) is 8.42 Å². The highest BCUT2D eigenvalue weighted by Crippen LogP contribution is 2.35. The monoisotopic (exact) mass is 503 g/mol. The lowest BCUT2D eigenvalue weighted by Gasteiger charge is -2.44. The molecule has 2 fully saturated rings. The van der Waals surface area contributed by atoms with Crippen LogP contribution >= 0.6 is 0 Å². The average Bonchev–Trinajstić information content (AvgIpc) is 3.10. The van der Waals surface area contributed by atoms with Crippen molar-refractivity contribution in [2.24, 2.45) is 0 Å². The zero-order chi connectivity index (χ0) is 25.2. The maximum atomic E-state index is 13.2. The van der Waals surface area contributed by atoms with Gasteiger partial charge < -0.3 is 19.1 Å². The topological polar surface area (TPSA) is 97.4 Å². The second kappa shape index (κ2) is 10.0. The van der Waals surface area contributed by atoms with Gasteiger partial charge >= 0.3 is 0 Å². The molecule has 4 rings (SSSR count). The van der Waals surface area contributed by atoms with Crippen molar-refractivity contribution in [2.75, 3.05) is 41.0 Å². The summed E-state index contributed by atoms with van der Waals surface area (Å²) in [5, 5.41) is 3.47. The van der Waals surface area contributed by atoms with Crippen molar-refractivity contribution in [3.05, 3.63) is 48.0 Å². The normalized spacial score (nSPS) is 20.3. The Morgan fingerprint density at radius 3 is 2.23 bits per heavy atom. The molecule has 2 aliphatic heterocycles. The van der Waals surface area contributed by atoms with E-state index in [9.17, 15) is 13.2 Å². The molecule has 0 aromatic heterocycles. The van der Waals surface area contributed by atoms with Gasteiger partial charge in [-0.15, -0.1) is 0 Å². The Hall–Kier alpha value is -2.82. The number of amides is 1. The van der Waals surface area contributed by atoms with Crippen molar-refractivity contribution in [3.63, 3.8) is 0 Å². The second-order valence-electron chi connectivity index (χ2n) is 8.91. The van der Waals surface area contributed by atoms with Crippen molar-refractivity contribution in [2.45, 2.75) is 42.8 Å². The highest BCUT2D eigenvalue weighted by atomic mass is 32.2. The molecule has 1 unspecified atom stereocenters. The van der Waals surface area contributed by atoms with Crippen LogP contribution in [-0.2, 0) is 21.2 Å². The standard InChI is InChI=1S/C25H33N3O6S/c1-18-24(29)28(14-11-19-5-10-22(33-3)23(17-19)34-4)25(26-18)12-15-27(16-13-25)35(30,31)21-8-6-20(32-2)7-9-21/h5-10,17-18,26H,11-16H2,1-4H3. The predicted octanol–water partition coefficient (Wildman–Crippen LogP) is 2.26. The fourth-order valence-electron chi connectivity index (χ4n) is 5.00. The van der Waals surface area contributed by atoms with E-state index in [-0.39, 0.29) is 16.8 Å². The Labute approximate surface area is 207 Å². The molecule has 0 radical (unpaired) electrons. The van der Waals surface area contributed by atoms with Crippen LogP contribution in [0.3, 0.4) is 0 Å². The number of hydrogen-bond donors (Lipinski definition) is 1. The van der Waals surface area contributed by atoms with Gasteiger partial charge in [-0.05, 0) is 68.1 Å². The minimum Gasteiger partial charge on any atom is -0.497 e. The van der Waals surface area contributed by atoms with Gasteiger partial charge in [-0.1, -0.05) is 6.07 Å². The minimum atomic E-state index is -3.63. The molecule has 2 heterocycles. The molecule has 0 bridgehead atoms. The molecule has 0 saturated carbocycles. The van der Waals surface area contributed by atoms with E-state index in [2.05, 4.69) is 5.32 Å². The number of carbonyl (C=O) groups excluding carboxylic acids is 1. The number of ether oxygens (including phenoxy) is 3. The largest absolute Gasteiger partial charge is 0.497 e. The number of rotatable bonds is 8. The van der Waals surface area contributed by atoms with Gasteiger partial charge in [0.1, 0.15) is 5.75 Å². The van der Waals surface area contributed by atoms with Crippen LogP contribution in [0, 0.1) is 0 Å². The summed E-state index contributed by atoms with van der Waals surface area (Å²) in [5.41, 5.74) is 0.476. The number of methoxy groups -OCH3 is 3. The number of nitrogens with zero attached hydrogens (tertiary/aromatic N) is 2. The molecule has 2 aliphatic rings. The number of carbonyl (C=O) groups is 1. The molecule has 1 amide bonds. The third-order valence-electron chi connectivity index (χ3n) is 6.96. The van der Waals surface area contributed by atoms with Crippen LogP contribution in [0.15, 0.2) is 47.4 Å². The number of sulfonamides is 1. The van der Waals surface area contributed by atoms with E-state index in [1.165, 1.54) is 4.31 Å². The lowest BCUT2D eigenvalue weighted by atomic mass is 9.96. The second-order valence-corrected chi connectivity index (χ2v) is 10.8. The lowest BCUT2D eigenvalue weighted by molar-refractivity contribution is -0.132. The van der Waals surface area contributed by atoms with Gasteiger partial charge in [0.05, 0.1) is 37.9 Å². The Morgan fingerprint density at radius 1 is 0.971 bits per heavy atom. The summed E-state index contributed by atoms with van der Waals surface area (Å²) in [7, 11) is 1.11. The van der Waals surface area contributed by atoms with E-state index < -0.39 is 15.7 Å². The molecular formula is C25H33N3O6S. The van der Waals surface area contributed by atoms with E-state index in [0.29, 0.717) is 56.1 Å². The first-order valence-electron chi connectivity index (χ1n) is 11.7. The predicted molar refractivity (Wildman–Crippen MR) is 131 cm³/mol. The van der Waals surface area contributed by atoms with E-state index in [0.717, 1.165) is 5.56 Å². The highest BCUT2D eigenvalue weighted by Gasteiger charge is 2.50. The van der Waals surface area contributed by atoms with Crippen LogP contribution in [0.4, 0.5) is 0 Å². The Bertz CT molecular complexity index is 1160. The van der Waals surface area contributed by atoms with Crippen LogP contribution in [-0.4, -0.2) is 76.2 Å². The zero-order valence-electron chi connectivity index (χ0n) is 20.6. The molecular weight excluding hydrogens is 470 g/mol. The Balaban J connectivity index is 1.47. The van der Waals surface area contributed by atoms with Crippen LogP contribution < -0.4 is 19.5 Å². The summed E-state index contributed by atoms with van der Waals surface area (Å²) in [6.45, 7) is 3.04. The lowest BCUT2D eigenvalue weighted by Crippen LogP contribution is -2.59. The zero-order valence-corrected chi connectivity index (χ0v) is 21.4. The Kier molecular flexibility index (Phi) is 7.25. The van der Waals surface area contributed by atoms with E-state index in [1.54, 1.807) is 45.6 Å². The van der Waals surface area contributed by atoms with Crippen molar-refractivity contribution in [3.8, 4) is 17.2 Å². The van der Waals surface area contributed by atoms with Crippen LogP contribution in [0.5, 0.6) is 17.2 Å². The van der Waals surface area contributed by atoms with Gasteiger partial charge in [-0.2, -0.15) is 4.31 Å². The molecule has 1 N–H and O–H groups in total. The third-order valence-corrected chi connectivity index (χ3v) is 8.87. The average molecular weight is 504 g/mol. The van der Waals surface area contributed by atoms with Crippen molar-refractivity contribution >= 4 is 15.9 Å². The SMILES string of the molecule is COc1ccc(S(=O)(=O)N2CCC3(CC2)NC(C)C(=O)N3CCc2ccc(OC)c(OC)c2)cc1. The molecule has 35 heavy (non-hydrogen) atoms. The fraction of sp³-hybridized carbons (Fsp3) is 0.480. The summed E-state index contributed by atoms with van der Waals surface area (Å²) in [4.78, 5) is 15.2. The minimum absolute atomic E-state index is 0.0388. The smallest absolute Gasteiger partial charge is 0.243 e. The first-order chi connectivity index (χ1) is 16.7. The molecule has 2 saturated heterocycles. The highest BCUT2D eigenvalue weighted by molar-refractivity contribution is 7.89. The number of piperidine rings is 1. The van der Waals surface area contributed by atoms with Gasteiger partial charge in [0, 0.05) is 19.6 Å². The molecule has 1 atom stereocenters. The fourth-order valence-corrected chi connectivity index (χ4v) is 6.44. The summed E-state index contributed by atoms with van der Waals surface area (Å²) < 4.78 is 43.7. The maximum absolute atomic E-state index is 13.2. The summed E-state index contributed by atoms with van der Waals surface area (Å²) in [6.07, 6.45) is 1.69. The molecule has 2 aromatic rings. The van der Waals surface area contributed by atoms with E-state index in [1.807, 2.05) is 30.0 Å². The van der Waals surface area contributed by atoms with Crippen molar-refractivity contribution in [1.29, 1.82) is 0 Å². The first-order valence-corrected chi connectivity index (χ1v) is 13.1. The first kappa shape index (κ1) is 25.3. The Morgan fingerprint density at radius 2 is 1.63 bits per heavy atom. The molecule has 0 aliphatic carbocycles. The van der Waals surface area contributed by atoms with Crippen LogP contribution in [0.2, 0.25) is 0 Å². The van der Waals surface area contributed by atoms with E-state index >= 15 is 0 Å². The quantitative estimate of drug-likeness (QED) is 0.590. The molecule has 10 heteroatoms. The maximum Gasteiger partial charge on any atom is 0.243 e. The van der Waals surface area contributed by atoms with Gasteiger partial charge in [0.25, 0.3) is 0 Å². The van der Waals surface area contributed by atoms with Gasteiger partial charge in [-0.3, -0.25) is 10.1 Å². The number of hydrogen-bond acceptors (Lipinski definition) is 7. The summed E-state index contributed by atoms with van der Waals surface area (Å²) >= 11 is 0. The molecule has 1 spiro atoms. The molecule has 9 nitrogen and oxygen atoms in total. The summed E-state index contributed by atoms with van der Waals surface area (Å²) in [5.74, 6) is 1.95. The van der Waals surface area contributed by atoms with Crippen molar-refractivity contribution < 1.29 is 27.4 Å². The summed E-state index contributed by atoms with van der Waals surface area (Å²) in [6, 6.07) is 11.9. The van der Waals surface area contributed by atoms with Crippen molar-refractivity contribution in [1.82, 2.24) is 14.5 Å². The van der Waals surface area contributed by atoms with Gasteiger partial charge in [0.15, 0.2) is 11.5 Å². The van der Waals surface area contributed by atoms with Crippen LogP contribution in [0.1, 0.15) is 25.3 Å². The van der Waals surface area contributed by atoms with Gasteiger partial charge in [0.2, 0.25) is 15.9 Å². The van der Waals surface area contributed by atoms with E-state index in [4.69, 9.17) is 14.2 Å². The molecule has 2 aromatic carbocycles. The molecule has 190 valence electrons. The van der Waals surface area contributed by atoms with Crippen LogP contribution in [0.25, 0.3) is 0 Å². The number of benzene rings is 2.